The molecule has 0 spiro atoms. The van der Waals surface area contributed by atoms with Crippen LogP contribution in [0.2, 0.25) is 0 Å². The van der Waals surface area contributed by atoms with E-state index in [2.05, 4.69) is 45.2 Å². The summed E-state index contributed by atoms with van der Waals surface area (Å²) in [7, 11) is 1.59. The molecule has 222 valence electrons. The highest BCUT2D eigenvalue weighted by molar-refractivity contribution is 9.10. The number of carbonyl (C=O) groups is 1. The summed E-state index contributed by atoms with van der Waals surface area (Å²) in [6.45, 7) is 4.11. The Morgan fingerprint density at radius 3 is 2.57 bits per heavy atom. The van der Waals surface area contributed by atoms with Crippen molar-refractivity contribution < 1.29 is 19.0 Å². The maximum Gasteiger partial charge on any atom is 0.338 e. The number of thiazole rings is 1. The number of halogens is 1. The molecule has 0 saturated carbocycles. The molecule has 0 bridgehead atoms. The van der Waals surface area contributed by atoms with E-state index in [0.29, 0.717) is 43.2 Å². The van der Waals surface area contributed by atoms with Crippen LogP contribution in [0.25, 0.3) is 16.8 Å². The molecule has 4 aromatic carbocycles. The van der Waals surface area contributed by atoms with Crippen LogP contribution in [0, 0.1) is 0 Å². The molecule has 9 heteroatoms. The van der Waals surface area contributed by atoms with Crippen molar-refractivity contribution in [3.05, 3.63) is 137 Å². The number of esters is 1. The molecular formula is C35H29BrN2O5S. The van der Waals surface area contributed by atoms with Crippen molar-refractivity contribution >= 4 is 50.1 Å². The van der Waals surface area contributed by atoms with E-state index in [1.54, 1.807) is 31.6 Å². The van der Waals surface area contributed by atoms with Crippen LogP contribution in [0.1, 0.15) is 36.6 Å². The number of hydrogen-bond donors (Lipinski definition) is 0. The van der Waals surface area contributed by atoms with E-state index in [4.69, 9.17) is 14.2 Å². The lowest BCUT2D eigenvalue weighted by Gasteiger charge is -2.24. The highest BCUT2D eigenvalue weighted by Gasteiger charge is 2.33. The predicted octanol–water partition coefficient (Wildman–Crippen LogP) is 6.30. The van der Waals surface area contributed by atoms with Gasteiger partial charge in [0.05, 0.1) is 40.0 Å². The highest BCUT2D eigenvalue weighted by Crippen LogP contribution is 2.38. The molecular weight excluding hydrogens is 640 g/mol. The summed E-state index contributed by atoms with van der Waals surface area (Å²) >= 11 is 4.93. The number of benzene rings is 4. The lowest BCUT2D eigenvalue weighted by atomic mass is 9.96. The first kappa shape index (κ1) is 29.6. The Balaban J connectivity index is 1.39. The fraction of sp³-hybridized carbons (Fsp3) is 0.171. The van der Waals surface area contributed by atoms with Crippen molar-refractivity contribution in [3.8, 4) is 11.5 Å². The summed E-state index contributed by atoms with van der Waals surface area (Å²) < 4.78 is 20.1. The molecule has 2 heterocycles. The first-order valence-corrected chi connectivity index (χ1v) is 15.7. The third-order valence-electron chi connectivity index (χ3n) is 7.43. The van der Waals surface area contributed by atoms with Gasteiger partial charge in [-0.25, -0.2) is 9.79 Å². The largest absolute Gasteiger partial charge is 0.493 e. The zero-order valence-corrected chi connectivity index (χ0v) is 26.8. The fourth-order valence-corrected chi connectivity index (χ4v) is 7.05. The monoisotopic (exact) mass is 668 g/mol. The van der Waals surface area contributed by atoms with E-state index in [1.165, 1.54) is 11.3 Å². The van der Waals surface area contributed by atoms with E-state index in [-0.39, 0.29) is 12.2 Å². The van der Waals surface area contributed by atoms with Crippen molar-refractivity contribution in [2.75, 3.05) is 13.7 Å². The lowest BCUT2D eigenvalue weighted by Crippen LogP contribution is -2.39. The molecule has 7 nitrogen and oxygen atoms in total. The highest BCUT2D eigenvalue weighted by atomic mass is 79.9. The summed E-state index contributed by atoms with van der Waals surface area (Å²) in [6, 6.07) is 26.9. The molecule has 6 rings (SSSR count). The molecule has 1 aromatic heterocycles. The van der Waals surface area contributed by atoms with Crippen LogP contribution in [0.5, 0.6) is 11.5 Å². The summed E-state index contributed by atoms with van der Waals surface area (Å²) in [5.74, 6) is 0.615. The smallest absolute Gasteiger partial charge is 0.338 e. The number of hydrogen-bond acceptors (Lipinski definition) is 7. The van der Waals surface area contributed by atoms with E-state index in [9.17, 15) is 9.59 Å². The Hall–Kier alpha value is -4.47. The minimum absolute atomic E-state index is 0.222. The molecule has 0 amide bonds. The second-order valence-corrected chi connectivity index (χ2v) is 12.0. The third-order valence-corrected chi connectivity index (χ3v) is 9.01. The van der Waals surface area contributed by atoms with Crippen LogP contribution in [0.15, 0.2) is 110 Å². The normalized spacial score (nSPS) is 14.7. The van der Waals surface area contributed by atoms with Crippen molar-refractivity contribution in [3.63, 3.8) is 0 Å². The quantitative estimate of drug-likeness (QED) is 0.181. The average molecular weight is 670 g/mol. The van der Waals surface area contributed by atoms with Gasteiger partial charge in [0.15, 0.2) is 16.3 Å². The van der Waals surface area contributed by atoms with Crippen LogP contribution in [-0.2, 0) is 16.1 Å². The number of allylic oxidation sites excluding steroid dienone is 1. The van der Waals surface area contributed by atoms with Crippen molar-refractivity contribution in [2.24, 2.45) is 4.99 Å². The summed E-state index contributed by atoms with van der Waals surface area (Å²) in [6.07, 6.45) is 1.80. The van der Waals surface area contributed by atoms with Gasteiger partial charge in [0.1, 0.15) is 6.61 Å². The molecule has 0 saturated heterocycles. The van der Waals surface area contributed by atoms with E-state index >= 15 is 0 Å². The predicted molar refractivity (Wildman–Crippen MR) is 176 cm³/mol. The Kier molecular flexibility index (Phi) is 8.50. The first-order chi connectivity index (χ1) is 21.4. The molecule has 1 aliphatic rings. The average Bonchev–Trinajstić information content (AvgIpc) is 3.33. The molecule has 0 aliphatic carbocycles. The maximum absolute atomic E-state index is 13.9. The van der Waals surface area contributed by atoms with Gasteiger partial charge in [-0.15, -0.1) is 0 Å². The van der Waals surface area contributed by atoms with Gasteiger partial charge < -0.3 is 14.2 Å². The topological polar surface area (TPSA) is 79.1 Å². The number of nitrogens with zero attached hydrogens (tertiary/aromatic N) is 2. The van der Waals surface area contributed by atoms with E-state index in [0.717, 1.165) is 27.5 Å². The van der Waals surface area contributed by atoms with Gasteiger partial charge in [-0.2, -0.15) is 0 Å². The molecule has 44 heavy (non-hydrogen) atoms. The second kappa shape index (κ2) is 12.6. The van der Waals surface area contributed by atoms with Gasteiger partial charge in [-0.05, 0) is 75.4 Å². The first-order valence-electron chi connectivity index (χ1n) is 14.1. The van der Waals surface area contributed by atoms with Gasteiger partial charge >= 0.3 is 5.97 Å². The van der Waals surface area contributed by atoms with Gasteiger partial charge in [0.2, 0.25) is 0 Å². The fourth-order valence-electron chi connectivity index (χ4n) is 5.43. The Morgan fingerprint density at radius 2 is 1.80 bits per heavy atom. The maximum atomic E-state index is 13.9. The molecule has 1 aliphatic heterocycles. The van der Waals surface area contributed by atoms with Crippen molar-refractivity contribution in [1.29, 1.82) is 0 Å². The zero-order valence-electron chi connectivity index (χ0n) is 24.4. The van der Waals surface area contributed by atoms with E-state index < -0.39 is 12.0 Å². The zero-order chi connectivity index (χ0) is 30.8. The van der Waals surface area contributed by atoms with Gasteiger partial charge in [0, 0.05) is 0 Å². The van der Waals surface area contributed by atoms with Crippen LogP contribution in [0.4, 0.5) is 0 Å². The molecule has 0 fully saturated rings. The lowest BCUT2D eigenvalue weighted by molar-refractivity contribution is -0.139. The third kappa shape index (κ3) is 5.60. The van der Waals surface area contributed by atoms with Crippen molar-refractivity contribution in [2.45, 2.75) is 26.5 Å². The van der Waals surface area contributed by atoms with E-state index in [1.807, 2.05) is 60.7 Å². The molecule has 0 unspecified atom stereocenters. The van der Waals surface area contributed by atoms with Crippen LogP contribution < -0.4 is 24.4 Å². The minimum Gasteiger partial charge on any atom is -0.493 e. The minimum atomic E-state index is -0.653. The molecule has 0 radical (unpaired) electrons. The Labute approximate surface area is 266 Å². The Bertz CT molecular complexity index is 2090. The molecule has 0 N–H and O–H groups in total. The summed E-state index contributed by atoms with van der Waals surface area (Å²) in [5.41, 5.74) is 3.25. The van der Waals surface area contributed by atoms with Crippen LogP contribution in [0.3, 0.4) is 0 Å². The van der Waals surface area contributed by atoms with Gasteiger partial charge in [-0.3, -0.25) is 9.36 Å². The number of fused-ring (bicyclic) bond motifs is 2. The van der Waals surface area contributed by atoms with Crippen LogP contribution >= 0.6 is 27.3 Å². The number of aromatic nitrogens is 1. The number of methoxy groups -OCH3 is 1. The number of carbonyl (C=O) groups excluding carboxylic acids is 1. The molecule has 5 aromatic rings. The number of ether oxygens (including phenoxy) is 3. The SMILES string of the molecule is CCOC(=O)C1=C(C)N=c2s/c(=C\c3cc(Br)c(OCc4cccc5ccccc45)c(OC)c3)c(=O)n2[C@@H]1c1ccccc1. The van der Waals surface area contributed by atoms with Crippen molar-refractivity contribution in [1.82, 2.24) is 4.57 Å². The number of rotatable bonds is 8. The standard InChI is InChI=1S/C35H29BrN2O5S/c1-4-42-34(40)30-21(2)37-35-38(31(30)24-12-6-5-7-13-24)33(39)29(44-35)19-22-17-27(36)32(28(18-22)41-3)43-20-25-15-10-14-23-11-8-9-16-26(23)25/h5-19,31H,4,20H2,1-3H3/b29-19-/t31-/m1/s1. The second-order valence-electron chi connectivity index (χ2n) is 10.2. The molecule has 1 atom stereocenters. The Morgan fingerprint density at radius 1 is 1.05 bits per heavy atom. The van der Waals surface area contributed by atoms with Gasteiger partial charge in [-0.1, -0.05) is 84.1 Å². The summed E-state index contributed by atoms with van der Waals surface area (Å²) in [5, 5.41) is 2.28. The summed E-state index contributed by atoms with van der Waals surface area (Å²) in [4.78, 5) is 32.2. The van der Waals surface area contributed by atoms with Gasteiger partial charge in [0.25, 0.3) is 5.56 Å². The van der Waals surface area contributed by atoms with Crippen LogP contribution in [-0.4, -0.2) is 24.3 Å².